The van der Waals surface area contributed by atoms with Crippen molar-refractivity contribution < 1.29 is 0 Å². The second kappa shape index (κ2) is 10.5. The Labute approximate surface area is 221 Å². The fourth-order valence-electron chi connectivity index (χ4n) is 5.06. The first kappa shape index (κ1) is 24.7. The number of rotatable bonds is 2. The molecule has 0 aromatic heterocycles. The van der Waals surface area contributed by atoms with Gasteiger partial charge in [-0.25, -0.2) is 0 Å². The summed E-state index contributed by atoms with van der Waals surface area (Å²) in [5.74, 6) is 0. The molecule has 1 aliphatic carbocycles. The van der Waals surface area contributed by atoms with Gasteiger partial charge in [0.1, 0.15) is 0 Å². The molecule has 0 heterocycles. The van der Waals surface area contributed by atoms with Crippen LogP contribution in [0, 0.1) is 6.08 Å². The Morgan fingerprint density at radius 2 is 1.35 bits per heavy atom. The summed E-state index contributed by atoms with van der Waals surface area (Å²) in [5, 5.41) is 9.72. The monoisotopic (exact) mass is 466 g/mol. The van der Waals surface area contributed by atoms with Crippen LogP contribution in [0.2, 0.25) is 13.1 Å². The van der Waals surface area contributed by atoms with Crippen molar-refractivity contribution in [2.75, 3.05) is 0 Å². The van der Waals surface area contributed by atoms with Gasteiger partial charge in [0.05, 0.1) is 0 Å². The summed E-state index contributed by atoms with van der Waals surface area (Å²) in [7, 11) is -0.435. The maximum atomic E-state index is 3.66. The summed E-state index contributed by atoms with van der Waals surface area (Å²) in [6.45, 7) is 9.20. The van der Waals surface area contributed by atoms with Crippen molar-refractivity contribution in [3.63, 3.8) is 0 Å². The second-order valence-corrected chi connectivity index (χ2v) is 11.5. The van der Waals surface area contributed by atoms with E-state index in [1.54, 1.807) is 5.17 Å². The molecule has 0 fully saturated rings. The summed E-state index contributed by atoms with van der Waals surface area (Å²) in [6.07, 6.45) is 5.87. The average molecular weight is 467 g/mol. The van der Waals surface area contributed by atoms with Crippen LogP contribution in [-0.4, -0.2) is 36.6 Å². The normalized spacial score (nSPS) is 12.2. The van der Waals surface area contributed by atoms with Crippen LogP contribution < -0.4 is 0 Å². The summed E-state index contributed by atoms with van der Waals surface area (Å²) in [4.78, 5) is 0. The van der Waals surface area contributed by atoms with Crippen LogP contribution in [0.1, 0.15) is 37.0 Å². The van der Waals surface area contributed by atoms with E-state index >= 15 is 0 Å². The van der Waals surface area contributed by atoms with Gasteiger partial charge in [-0.15, -0.1) is 62.5 Å². The Kier molecular flexibility index (Phi) is 7.61. The van der Waals surface area contributed by atoms with Crippen molar-refractivity contribution in [2.45, 2.75) is 39.8 Å². The fraction of sp³-hybridized carbons (Fsp3) is 0.188. The van der Waals surface area contributed by atoms with Crippen LogP contribution in [-0.2, 0) is 6.42 Å². The van der Waals surface area contributed by atoms with Gasteiger partial charge >= 0.3 is 23.1 Å². The smallest absolute Gasteiger partial charge is 0.165 e. The minimum atomic E-state index is -0.435. The third-order valence-electron chi connectivity index (χ3n) is 6.71. The van der Waals surface area contributed by atoms with Crippen LogP contribution in [0.3, 0.4) is 0 Å². The van der Waals surface area contributed by atoms with Crippen LogP contribution in [0.4, 0.5) is 0 Å². The number of fused-ring (bicyclic) bond motifs is 6. The molecule has 34 heavy (non-hydrogen) atoms. The van der Waals surface area contributed by atoms with Gasteiger partial charge in [-0.2, -0.15) is 6.07 Å². The molecule has 2 heteroatoms. The molecule has 0 nitrogen and oxygen atoms in total. The van der Waals surface area contributed by atoms with Gasteiger partial charge in [-0.1, -0.05) is 109 Å². The molecule has 0 atom stereocenters. The molecule has 0 radical (unpaired) electrons. The molecule has 164 valence electrons. The maximum absolute atomic E-state index is 3.66. The Hall–Kier alpha value is -2.40. The van der Waals surface area contributed by atoms with Gasteiger partial charge in [0, 0.05) is 0 Å². The van der Waals surface area contributed by atoms with Gasteiger partial charge in [0.2, 0.25) is 0 Å². The van der Waals surface area contributed by atoms with E-state index in [1.165, 1.54) is 54.6 Å². The molecule has 0 bridgehead atoms. The molecule has 1 aliphatic rings. The average Bonchev–Trinajstić information content (AvgIpc) is 3.46. The van der Waals surface area contributed by atoms with E-state index in [9.17, 15) is 0 Å². The summed E-state index contributed by atoms with van der Waals surface area (Å²) < 4.78 is 0. The van der Waals surface area contributed by atoms with Crippen molar-refractivity contribution in [3.05, 3.63) is 113 Å². The molecule has 0 aliphatic heterocycles. The zero-order valence-electron chi connectivity index (χ0n) is 20.7. The number of benzene rings is 4. The van der Waals surface area contributed by atoms with Crippen LogP contribution in [0.25, 0.3) is 32.3 Å². The quantitative estimate of drug-likeness (QED) is 0.182. The first-order valence-corrected chi connectivity index (χ1v) is 14.5. The van der Waals surface area contributed by atoms with E-state index in [0.29, 0.717) is 0 Å². The molecule has 0 N–H and O–H groups in total. The summed E-state index contributed by atoms with van der Waals surface area (Å²) in [5.41, 5.74) is 5.62. The molecular weight excluding hydrogens is 437 g/mol. The second-order valence-electron chi connectivity index (χ2n) is 9.05. The van der Waals surface area contributed by atoms with Crippen molar-refractivity contribution in [3.8, 4) is 0 Å². The van der Waals surface area contributed by atoms with Gasteiger partial charge in [-0.05, 0) is 21.3 Å². The Morgan fingerprint density at radius 1 is 0.735 bits per heavy atom. The zero-order valence-corrected chi connectivity index (χ0v) is 23.1. The van der Waals surface area contributed by atoms with Crippen LogP contribution >= 0.6 is 0 Å². The van der Waals surface area contributed by atoms with E-state index in [-0.39, 0.29) is 23.1 Å². The van der Waals surface area contributed by atoms with Crippen molar-refractivity contribution in [1.29, 1.82) is 0 Å². The Bertz CT molecular complexity index is 1540. The van der Waals surface area contributed by atoms with E-state index < -0.39 is 8.41 Å². The van der Waals surface area contributed by atoms with E-state index in [0.717, 1.165) is 12.8 Å². The molecule has 0 saturated heterocycles. The minimum Gasteiger partial charge on any atom is -0.165 e. The van der Waals surface area contributed by atoms with Crippen molar-refractivity contribution in [2.24, 2.45) is 0 Å². The Balaban J connectivity index is 0.000000159. The van der Waals surface area contributed by atoms with Crippen molar-refractivity contribution >= 4 is 68.9 Å². The molecule has 6 rings (SSSR count). The third-order valence-corrected chi connectivity index (χ3v) is 8.28. The van der Waals surface area contributed by atoms with E-state index in [4.69, 9.17) is 0 Å². The Morgan fingerprint density at radius 3 is 2.03 bits per heavy atom. The summed E-state index contributed by atoms with van der Waals surface area (Å²) in [6, 6.07) is 30.8. The summed E-state index contributed by atoms with van der Waals surface area (Å²) >= 11 is 0. The SMILES string of the molecule is CCC1=[C-]c2c(ccc3ccccc23)C1=[Si](C)C.CCc1cc2ccc3ccccc3c2[cH-]1.[Mg+2]. The molecular formula is C32H30MgSi. The van der Waals surface area contributed by atoms with Crippen molar-refractivity contribution in [1.82, 2.24) is 0 Å². The number of aryl methyl sites for hydroxylation is 1. The number of hydrogen-bond donors (Lipinski definition) is 0. The minimum absolute atomic E-state index is 0. The molecule has 0 spiro atoms. The zero-order chi connectivity index (χ0) is 22.9. The predicted octanol–water partition coefficient (Wildman–Crippen LogP) is 8.09. The molecule has 0 unspecified atom stereocenters. The van der Waals surface area contributed by atoms with Gasteiger partial charge in [0.15, 0.2) is 0 Å². The van der Waals surface area contributed by atoms with E-state index in [2.05, 4.69) is 118 Å². The standard InChI is InChI=1S/C17H17Si.C15H13.Mg/c1-4-12-11-16-14-8-6-5-7-13(14)9-10-15(16)17(12)18(2)3;1-2-11-9-13-8-7-12-5-3-4-6-14(12)15(13)10-11;/h5-10H,4H2,1-3H3;3-10H,2H2,1H3;/q2*-1;+2. The van der Waals surface area contributed by atoms with Gasteiger partial charge in [-0.3, -0.25) is 0 Å². The molecule has 0 saturated carbocycles. The number of allylic oxidation sites excluding steroid dienone is 1. The first-order chi connectivity index (χ1) is 16.1. The molecule has 0 amide bonds. The molecule has 5 aromatic carbocycles. The van der Waals surface area contributed by atoms with Gasteiger partial charge < -0.3 is 0 Å². The largest absolute Gasteiger partial charge is 2.00 e. The van der Waals surface area contributed by atoms with Gasteiger partial charge in [0.25, 0.3) is 0 Å². The van der Waals surface area contributed by atoms with Crippen LogP contribution in [0.15, 0.2) is 90.5 Å². The van der Waals surface area contributed by atoms with E-state index in [1.807, 2.05) is 0 Å². The predicted molar refractivity (Wildman–Crippen MR) is 154 cm³/mol. The molecule has 5 aromatic rings. The van der Waals surface area contributed by atoms with Crippen LogP contribution in [0.5, 0.6) is 0 Å². The topological polar surface area (TPSA) is 0 Å². The fourth-order valence-corrected chi connectivity index (χ4v) is 6.65. The maximum Gasteiger partial charge on any atom is 2.00 e. The number of hydrogen-bond acceptors (Lipinski definition) is 0. The first-order valence-electron chi connectivity index (χ1n) is 12.0. The third kappa shape index (κ3) is 4.47.